The molecule has 47 heavy (non-hydrogen) atoms. The molecule has 0 aliphatic carbocycles. The largest absolute Gasteiger partial charge is 0.394 e. The van der Waals surface area contributed by atoms with Gasteiger partial charge in [-0.1, -0.05) is 12.5 Å². The first-order chi connectivity index (χ1) is 22.4. The van der Waals surface area contributed by atoms with Gasteiger partial charge in [0.25, 0.3) is 11.8 Å². The first-order valence-corrected chi connectivity index (χ1v) is 16.0. The Morgan fingerprint density at radius 1 is 0.957 bits per heavy atom. The maximum Gasteiger partial charge on any atom is 0.274 e. The number of halogens is 2. The van der Waals surface area contributed by atoms with E-state index in [9.17, 15) is 28.3 Å². The molecule has 2 atom stereocenters. The second kappa shape index (κ2) is 14.1. The molecule has 4 aromatic rings. The van der Waals surface area contributed by atoms with Crippen molar-refractivity contribution in [2.24, 2.45) is 0 Å². The van der Waals surface area contributed by atoms with Crippen LogP contribution in [0, 0.1) is 11.6 Å². The number of hydrogen-bond acceptors (Lipinski definition) is 6. The third-order valence-corrected chi connectivity index (χ3v) is 8.87. The van der Waals surface area contributed by atoms with E-state index in [2.05, 4.69) is 34.4 Å². The standard InChI is InChI=1S/C36H41F2N5O4/c1-22-7-5-8-23(2)42(22)15-6-9-32(45)26-11-13-28(37)30(18-26)40-35(47)31-20-39-33-19-25(14-16-43(31)33)24-10-12-27(29(38)17-24)34(46)41-36(3,4)21-44/h10-14,16-20,22-23,44H,5-9,15,21H2,1-4H3,(H,40,47)(H,41,46). The number of carbonyl (C=O) groups is 3. The monoisotopic (exact) mass is 645 g/mol. The molecule has 2 aromatic heterocycles. The van der Waals surface area contributed by atoms with Crippen LogP contribution < -0.4 is 10.6 Å². The van der Waals surface area contributed by atoms with E-state index >= 15 is 0 Å². The van der Waals surface area contributed by atoms with E-state index in [4.69, 9.17) is 0 Å². The van der Waals surface area contributed by atoms with Crippen LogP contribution in [0.5, 0.6) is 0 Å². The highest BCUT2D eigenvalue weighted by Gasteiger charge is 2.25. The van der Waals surface area contributed by atoms with Crippen LogP contribution in [0.15, 0.2) is 60.9 Å². The molecule has 1 fully saturated rings. The van der Waals surface area contributed by atoms with Crippen LogP contribution in [0.2, 0.25) is 0 Å². The maximum absolute atomic E-state index is 14.9. The number of anilines is 1. The molecule has 1 saturated heterocycles. The molecule has 0 radical (unpaired) electrons. The minimum Gasteiger partial charge on any atom is -0.394 e. The third-order valence-electron chi connectivity index (χ3n) is 8.87. The fraction of sp³-hybridized carbons (Fsp3) is 0.389. The molecule has 3 heterocycles. The summed E-state index contributed by atoms with van der Waals surface area (Å²) in [6, 6.07) is 12.5. The van der Waals surface area contributed by atoms with Crippen molar-refractivity contribution in [2.45, 2.75) is 77.4 Å². The SMILES string of the molecule is CC1CCCC(C)N1CCCC(=O)c1ccc(F)c(NC(=O)c2cnc3cc(-c4ccc(C(=O)NC(C)(C)CO)c(F)c4)ccn23)c1. The second-order valence-electron chi connectivity index (χ2n) is 13.0. The van der Waals surface area contributed by atoms with Crippen LogP contribution in [0.25, 0.3) is 16.8 Å². The number of aliphatic hydroxyl groups is 1. The molecule has 1 aliphatic rings. The molecule has 0 spiro atoms. The van der Waals surface area contributed by atoms with Gasteiger partial charge in [0.2, 0.25) is 0 Å². The van der Waals surface area contributed by atoms with E-state index < -0.39 is 29.0 Å². The minimum absolute atomic E-state index is 0.104. The van der Waals surface area contributed by atoms with Crippen LogP contribution in [-0.4, -0.2) is 67.8 Å². The first-order valence-electron chi connectivity index (χ1n) is 16.0. The number of pyridine rings is 1. The number of piperidine rings is 1. The predicted octanol–water partition coefficient (Wildman–Crippen LogP) is 6.26. The number of fused-ring (bicyclic) bond motifs is 1. The van der Waals surface area contributed by atoms with Crippen molar-refractivity contribution in [3.63, 3.8) is 0 Å². The number of nitrogens with zero attached hydrogens (tertiary/aromatic N) is 3. The summed E-state index contributed by atoms with van der Waals surface area (Å²) in [4.78, 5) is 45.4. The number of ketones is 1. The lowest BCUT2D eigenvalue weighted by molar-refractivity contribution is 0.0864. The predicted molar refractivity (Wildman–Crippen MR) is 177 cm³/mol. The smallest absolute Gasteiger partial charge is 0.274 e. The Morgan fingerprint density at radius 3 is 2.38 bits per heavy atom. The molecule has 2 unspecified atom stereocenters. The highest BCUT2D eigenvalue weighted by atomic mass is 19.1. The average molecular weight is 646 g/mol. The van der Waals surface area contributed by atoms with Crippen molar-refractivity contribution in [1.82, 2.24) is 19.6 Å². The summed E-state index contributed by atoms with van der Waals surface area (Å²) in [6.07, 6.45) is 7.51. The topological polar surface area (TPSA) is 116 Å². The first kappa shape index (κ1) is 33.9. The molecule has 9 nitrogen and oxygen atoms in total. The summed E-state index contributed by atoms with van der Waals surface area (Å²) in [5.74, 6) is -2.77. The fourth-order valence-electron chi connectivity index (χ4n) is 6.08. The van der Waals surface area contributed by atoms with Crippen LogP contribution in [0.3, 0.4) is 0 Å². The molecular formula is C36H41F2N5O4. The van der Waals surface area contributed by atoms with Gasteiger partial charge < -0.3 is 15.7 Å². The lowest BCUT2D eigenvalue weighted by atomic mass is 9.96. The number of aliphatic hydroxyl groups excluding tert-OH is 1. The number of amides is 2. The van der Waals surface area contributed by atoms with E-state index in [0.29, 0.717) is 47.3 Å². The number of Topliss-reactive ketones (excluding diaryl/α,β-unsaturated/α-hetero) is 1. The number of nitrogens with one attached hydrogen (secondary N) is 2. The van der Waals surface area contributed by atoms with Crippen LogP contribution in [-0.2, 0) is 0 Å². The molecule has 5 rings (SSSR count). The van der Waals surface area contributed by atoms with Gasteiger partial charge in [0.05, 0.1) is 29.6 Å². The van der Waals surface area contributed by atoms with Gasteiger partial charge in [-0.05, 0) is 107 Å². The third kappa shape index (κ3) is 7.74. The fourth-order valence-corrected chi connectivity index (χ4v) is 6.08. The highest BCUT2D eigenvalue weighted by molar-refractivity contribution is 6.05. The Bertz CT molecular complexity index is 1790. The number of hydrogen-bond donors (Lipinski definition) is 3. The maximum atomic E-state index is 14.9. The average Bonchev–Trinajstić information content (AvgIpc) is 3.46. The van der Waals surface area contributed by atoms with Crippen molar-refractivity contribution in [3.8, 4) is 11.1 Å². The van der Waals surface area contributed by atoms with Crippen LogP contribution in [0.1, 0.15) is 91.0 Å². The molecular weight excluding hydrogens is 604 g/mol. The summed E-state index contributed by atoms with van der Waals surface area (Å²) in [6.45, 7) is 8.22. The number of aromatic nitrogens is 2. The Morgan fingerprint density at radius 2 is 1.68 bits per heavy atom. The molecule has 1 aliphatic heterocycles. The summed E-state index contributed by atoms with van der Waals surface area (Å²) >= 11 is 0. The summed E-state index contributed by atoms with van der Waals surface area (Å²) < 4.78 is 31.2. The molecule has 248 valence electrons. The zero-order valence-electron chi connectivity index (χ0n) is 27.1. The van der Waals surface area contributed by atoms with E-state index in [1.807, 2.05) is 0 Å². The normalized spacial score (nSPS) is 17.1. The van der Waals surface area contributed by atoms with Gasteiger partial charge in [-0.2, -0.15) is 0 Å². The second-order valence-corrected chi connectivity index (χ2v) is 13.0. The van der Waals surface area contributed by atoms with E-state index in [0.717, 1.165) is 19.4 Å². The van der Waals surface area contributed by atoms with Gasteiger partial charge in [0.1, 0.15) is 23.0 Å². The lowest BCUT2D eigenvalue weighted by Crippen LogP contribution is -2.46. The Hall–Kier alpha value is -4.48. The lowest BCUT2D eigenvalue weighted by Gasteiger charge is -2.39. The zero-order chi connectivity index (χ0) is 33.9. The van der Waals surface area contributed by atoms with Crippen LogP contribution >= 0.6 is 0 Å². The van der Waals surface area contributed by atoms with E-state index in [1.165, 1.54) is 47.4 Å². The Labute approximate surface area is 273 Å². The number of imidazole rings is 1. The van der Waals surface area contributed by atoms with Gasteiger partial charge in [-0.25, -0.2) is 13.8 Å². The quantitative estimate of drug-likeness (QED) is 0.166. The number of rotatable bonds is 11. The van der Waals surface area contributed by atoms with E-state index in [1.54, 1.807) is 38.2 Å². The van der Waals surface area contributed by atoms with Gasteiger partial charge >= 0.3 is 0 Å². The summed E-state index contributed by atoms with van der Waals surface area (Å²) in [5, 5.41) is 14.6. The molecule has 0 bridgehead atoms. The molecule has 3 N–H and O–H groups in total. The van der Waals surface area contributed by atoms with Crippen molar-refractivity contribution in [2.75, 3.05) is 18.5 Å². The van der Waals surface area contributed by atoms with Crippen molar-refractivity contribution < 1.29 is 28.3 Å². The Balaban J connectivity index is 1.26. The van der Waals surface area contributed by atoms with Gasteiger partial charge in [0.15, 0.2) is 5.78 Å². The Kier molecular flexibility index (Phi) is 10.2. The molecule has 11 heteroatoms. The summed E-state index contributed by atoms with van der Waals surface area (Å²) in [7, 11) is 0. The van der Waals surface area contributed by atoms with Crippen molar-refractivity contribution in [3.05, 3.63) is 89.4 Å². The molecule has 0 saturated carbocycles. The van der Waals surface area contributed by atoms with Crippen molar-refractivity contribution in [1.29, 1.82) is 0 Å². The van der Waals surface area contributed by atoms with Crippen LogP contribution in [0.4, 0.5) is 14.5 Å². The number of likely N-dealkylation sites (tertiary alicyclic amines) is 1. The summed E-state index contributed by atoms with van der Waals surface area (Å²) in [5.41, 5.74) is 0.770. The number of carbonyl (C=O) groups excluding carboxylic acids is 3. The number of benzene rings is 2. The van der Waals surface area contributed by atoms with Gasteiger partial charge in [-0.3, -0.25) is 23.7 Å². The highest BCUT2D eigenvalue weighted by Crippen LogP contribution is 2.26. The zero-order valence-corrected chi connectivity index (χ0v) is 27.1. The molecule has 2 aromatic carbocycles. The minimum atomic E-state index is -0.908. The molecule has 2 amide bonds. The van der Waals surface area contributed by atoms with Gasteiger partial charge in [-0.15, -0.1) is 0 Å². The van der Waals surface area contributed by atoms with Crippen molar-refractivity contribution >= 4 is 28.9 Å². The van der Waals surface area contributed by atoms with E-state index in [-0.39, 0.29) is 29.3 Å². The van der Waals surface area contributed by atoms with Gasteiger partial charge in [0, 0.05) is 30.3 Å².